The summed E-state index contributed by atoms with van der Waals surface area (Å²) in [5, 5.41) is 17.2. The van der Waals surface area contributed by atoms with Crippen LogP contribution in [-0.4, -0.2) is 60.0 Å². The maximum Gasteiger partial charge on any atom is 0.435 e. The fourth-order valence-corrected chi connectivity index (χ4v) is 4.51. The zero-order valence-electron chi connectivity index (χ0n) is 22.3. The molecule has 0 aromatic carbocycles. The van der Waals surface area contributed by atoms with E-state index in [1.54, 1.807) is 0 Å². The van der Waals surface area contributed by atoms with E-state index in [4.69, 9.17) is 4.74 Å². The Hall–Kier alpha value is -4.17. The zero-order chi connectivity index (χ0) is 29.9. The van der Waals surface area contributed by atoms with Gasteiger partial charge in [0, 0.05) is 49.9 Å². The summed E-state index contributed by atoms with van der Waals surface area (Å²) in [4.78, 5) is 24.8. The van der Waals surface area contributed by atoms with Gasteiger partial charge < -0.3 is 14.7 Å². The molecule has 0 bridgehead atoms. The number of rotatable bonds is 10. The molecule has 1 fully saturated rings. The van der Waals surface area contributed by atoms with E-state index in [1.807, 2.05) is 0 Å². The van der Waals surface area contributed by atoms with Gasteiger partial charge in [0.25, 0.3) is 0 Å². The first-order valence-corrected chi connectivity index (χ1v) is 12.7. The number of hydrogen-bond acceptors (Lipinski definition) is 8. The van der Waals surface area contributed by atoms with E-state index >= 15 is 0 Å². The molecule has 0 radical (unpaired) electrons. The van der Waals surface area contributed by atoms with E-state index in [0.717, 1.165) is 6.92 Å². The first-order valence-electron chi connectivity index (χ1n) is 12.7. The molecule has 3 aromatic rings. The maximum absolute atomic E-state index is 14.2. The smallest absolute Gasteiger partial charge is 0.435 e. The minimum Gasteiger partial charge on any atom is -0.478 e. The lowest BCUT2D eigenvalue weighted by Gasteiger charge is -2.35. The van der Waals surface area contributed by atoms with Gasteiger partial charge in [-0.25, -0.2) is 33.2 Å². The molecule has 1 saturated heterocycles. The van der Waals surface area contributed by atoms with Crippen LogP contribution in [0.5, 0.6) is 6.01 Å². The number of carbonyl (C=O) groups is 1. The van der Waals surface area contributed by atoms with E-state index in [9.17, 15) is 31.9 Å². The van der Waals surface area contributed by atoms with Gasteiger partial charge in [0.2, 0.25) is 5.92 Å². The topological polar surface area (TPSA) is 119 Å². The molecule has 10 nitrogen and oxygen atoms in total. The molecular weight excluding hydrogens is 553 g/mol. The van der Waals surface area contributed by atoms with E-state index in [2.05, 4.69) is 31.8 Å². The Morgan fingerprint density at radius 3 is 2.63 bits per heavy atom. The van der Waals surface area contributed by atoms with Gasteiger partial charge in [0.1, 0.15) is 18.0 Å². The van der Waals surface area contributed by atoms with Crippen LogP contribution in [0.2, 0.25) is 0 Å². The normalized spacial score (nSPS) is 16.1. The Morgan fingerprint density at radius 1 is 1.20 bits per heavy atom. The fourth-order valence-electron chi connectivity index (χ4n) is 4.51. The van der Waals surface area contributed by atoms with E-state index in [0.29, 0.717) is 25.1 Å². The standard InChI is InChI=1S/C26H28F5N7O3/c1-15(23(39)40)16-5-4-12-38(13-16)19-7-6-18(34-22(19)26(29,30)31)21-20(37(3)36-35-21)14-41-24-32-11-9-17(33-24)8-10-25(2,27)28/h6-7,9,11,16H,1,4-5,8,10,12-14H2,2-3H3,(H,39,40)/t16-/m0/s1. The highest BCUT2D eigenvalue weighted by atomic mass is 19.4. The predicted octanol–water partition coefficient (Wildman–Crippen LogP) is 4.71. The average molecular weight is 582 g/mol. The van der Waals surface area contributed by atoms with Crippen molar-refractivity contribution in [3.8, 4) is 17.4 Å². The largest absolute Gasteiger partial charge is 0.478 e. The second-order valence-corrected chi connectivity index (χ2v) is 9.88. The number of aliphatic carboxylic acids is 1. The molecule has 0 unspecified atom stereocenters. The minimum atomic E-state index is -4.81. The molecule has 0 aliphatic carbocycles. The Balaban J connectivity index is 1.58. The predicted molar refractivity (Wildman–Crippen MR) is 136 cm³/mol. The van der Waals surface area contributed by atoms with Crippen LogP contribution in [0.4, 0.5) is 27.6 Å². The zero-order valence-corrected chi connectivity index (χ0v) is 22.3. The second kappa shape index (κ2) is 11.7. The molecule has 0 spiro atoms. The second-order valence-electron chi connectivity index (χ2n) is 9.88. The molecule has 4 heterocycles. The number of alkyl halides is 5. The van der Waals surface area contributed by atoms with Crippen LogP contribution in [0.1, 0.15) is 43.3 Å². The molecule has 3 aromatic heterocycles. The van der Waals surface area contributed by atoms with Gasteiger partial charge in [0.05, 0.1) is 11.4 Å². The van der Waals surface area contributed by atoms with E-state index < -0.39 is 36.1 Å². The van der Waals surface area contributed by atoms with Gasteiger partial charge in [-0.3, -0.25) is 0 Å². The van der Waals surface area contributed by atoms with E-state index in [1.165, 1.54) is 41.0 Å². The van der Waals surface area contributed by atoms with Crippen molar-refractivity contribution in [2.75, 3.05) is 18.0 Å². The number of halogens is 5. The van der Waals surface area contributed by atoms with E-state index in [-0.39, 0.29) is 53.9 Å². The lowest BCUT2D eigenvalue weighted by Crippen LogP contribution is -2.38. The number of pyridine rings is 1. The van der Waals surface area contributed by atoms with Crippen molar-refractivity contribution in [1.29, 1.82) is 0 Å². The molecule has 1 N–H and O–H groups in total. The van der Waals surface area contributed by atoms with Crippen LogP contribution in [0, 0.1) is 5.92 Å². The highest BCUT2D eigenvalue weighted by Crippen LogP contribution is 2.39. The number of ether oxygens (including phenoxy) is 1. The van der Waals surface area contributed by atoms with Crippen molar-refractivity contribution in [2.45, 2.75) is 51.3 Å². The number of carboxylic acid groups (broad SMARTS) is 1. The summed E-state index contributed by atoms with van der Waals surface area (Å²) < 4.78 is 75.9. The maximum atomic E-state index is 14.2. The van der Waals surface area contributed by atoms with Gasteiger partial charge in [-0.2, -0.15) is 13.2 Å². The molecule has 0 amide bonds. The number of carboxylic acids is 1. The lowest BCUT2D eigenvalue weighted by atomic mass is 9.91. The summed E-state index contributed by atoms with van der Waals surface area (Å²) >= 11 is 0. The Bertz CT molecular complexity index is 1420. The number of hydrogen-bond donors (Lipinski definition) is 1. The summed E-state index contributed by atoms with van der Waals surface area (Å²) in [6, 6.07) is 4.06. The summed E-state index contributed by atoms with van der Waals surface area (Å²) in [6.07, 6.45) is -2.86. The molecule has 41 heavy (non-hydrogen) atoms. The van der Waals surface area contributed by atoms with Crippen molar-refractivity contribution < 1.29 is 36.6 Å². The van der Waals surface area contributed by atoms with Crippen LogP contribution in [-0.2, 0) is 31.0 Å². The first-order chi connectivity index (χ1) is 19.2. The third kappa shape index (κ3) is 7.32. The van der Waals surface area contributed by atoms with Gasteiger partial charge in [-0.05, 0) is 44.4 Å². The highest BCUT2D eigenvalue weighted by molar-refractivity contribution is 5.86. The monoisotopic (exact) mass is 581 g/mol. The number of aryl methyl sites for hydroxylation is 2. The van der Waals surface area contributed by atoms with Crippen LogP contribution in [0.3, 0.4) is 0 Å². The average Bonchev–Trinajstić information content (AvgIpc) is 3.29. The molecule has 220 valence electrons. The molecule has 0 saturated carbocycles. The number of aromatic nitrogens is 6. The van der Waals surface area contributed by atoms with Crippen molar-refractivity contribution in [1.82, 2.24) is 29.9 Å². The molecule has 1 aliphatic heterocycles. The molecule has 1 atom stereocenters. The molecule has 15 heteroatoms. The van der Waals surface area contributed by atoms with Gasteiger partial charge in [0.15, 0.2) is 5.69 Å². The van der Waals surface area contributed by atoms with Crippen molar-refractivity contribution in [3.63, 3.8) is 0 Å². The SMILES string of the molecule is C=C(C(=O)O)[C@H]1CCCN(c2ccc(-c3nnn(C)c3COc3nccc(CCC(C)(F)F)n3)nc2C(F)(F)F)C1. The number of piperidine rings is 1. The number of nitrogens with zero attached hydrogens (tertiary/aromatic N) is 7. The van der Waals surface area contributed by atoms with Crippen molar-refractivity contribution in [3.05, 3.63) is 53.6 Å². The van der Waals surface area contributed by atoms with Gasteiger partial charge in [-0.15, -0.1) is 5.10 Å². The first kappa shape index (κ1) is 29.8. The Kier molecular flexibility index (Phi) is 8.54. The third-order valence-corrected chi connectivity index (χ3v) is 6.71. The van der Waals surface area contributed by atoms with Crippen LogP contribution >= 0.6 is 0 Å². The summed E-state index contributed by atoms with van der Waals surface area (Å²) in [5.41, 5.74) is -0.790. The van der Waals surface area contributed by atoms with Crippen molar-refractivity contribution >= 4 is 11.7 Å². The summed E-state index contributed by atoms with van der Waals surface area (Å²) in [5.74, 6) is -4.54. The quantitative estimate of drug-likeness (QED) is 0.268. The third-order valence-electron chi connectivity index (χ3n) is 6.71. The molecule has 4 rings (SSSR count). The molecule has 1 aliphatic rings. The Morgan fingerprint density at radius 2 is 1.95 bits per heavy atom. The highest BCUT2D eigenvalue weighted by Gasteiger charge is 2.39. The summed E-state index contributed by atoms with van der Waals surface area (Å²) in [7, 11) is 1.53. The number of anilines is 1. The Labute approximate surface area is 231 Å². The molecular formula is C26H28F5N7O3. The minimum absolute atomic E-state index is 0.000429. The van der Waals surface area contributed by atoms with Crippen molar-refractivity contribution in [2.24, 2.45) is 13.0 Å². The van der Waals surface area contributed by atoms with Crippen LogP contribution in [0.25, 0.3) is 11.4 Å². The van der Waals surface area contributed by atoms with Crippen LogP contribution in [0.15, 0.2) is 36.5 Å². The summed E-state index contributed by atoms with van der Waals surface area (Å²) in [6.45, 7) is 4.51. The lowest BCUT2D eigenvalue weighted by molar-refractivity contribution is -0.140. The van der Waals surface area contributed by atoms with Crippen LogP contribution < -0.4 is 9.64 Å². The fraction of sp³-hybridized carbons (Fsp3) is 0.462. The van der Waals surface area contributed by atoms with Gasteiger partial charge in [-0.1, -0.05) is 11.8 Å². The van der Waals surface area contributed by atoms with Gasteiger partial charge >= 0.3 is 18.2 Å².